The summed E-state index contributed by atoms with van der Waals surface area (Å²) in [7, 11) is 3.23. The van der Waals surface area contributed by atoms with Crippen LogP contribution in [0.3, 0.4) is 0 Å². The van der Waals surface area contributed by atoms with Gasteiger partial charge in [-0.3, -0.25) is 4.79 Å². The van der Waals surface area contributed by atoms with Crippen LogP contribution in [0, 0.1) is 23.7 Å². The molecule has 8 aliphatic rings. The maximum absolute atomic E-state index is 14.4. The summed E-state index contributed by atoms with van der Waals surface area (Å²) < 4.78 is 64.1. The molecule has 358 valence electrons. The van der Waals surface area contributed by atoms with Crippen LogP contribution in [0.25, 0.3) is 0 Å². The van der Waals surface area contributed by atoms with Crippen LogP contribution in [0.15, 0.2) is 59.3 Å². The van der Waals surface area contributed by atoms with Crippen LogP contribution in [0.5, 0.6) is 0 Å². The molecule has 4 saturated heterocycles. The number of rotatable bonds is 7. The minimum Gasteiger partial charge on any atom is -0.462 e. The fraction of sp³-hybridized carbons (Fsp3) is 0.780. The van der Waals surface area contributed by atoms with E-state index < -0.39 is 90.8 Å². The van der Waals surface area contributed by atoms with Crippen molar-refractivity contribution in [3.05, 3.63) is 59.3 Å². The topological polar surface area (TPSA) is 170 Å². The molecule has 5 fully saturated rings. The van der Waals surface area contributed by atoms with Crippen molar-refractivity contribution >= 4 is 5.97 Å². The second kappa shape index (κ2) is 20.1. The SMILES string of the molecule is CO[C@H]1C[C@H](O[C@H]2[C@H](C)O[C@@H](O[C@@H]3/C(C)=C/C[C@@H]4CC(C[C@]5(C=C[C@H](C)[C@@H](C6CCCCC6)O5)O4)OC(=O)C4C=C(C)[C@@H](O)[C@H]5OC/C(=C\C=C\[C@@H]3C)[C@@]45O)C[C@@H]2OC)O[C@@H](C)C1O. The van der Waals surface area contributed by atoms with Crippen LogP contribution in [0.1, 0.15) is 106 Å². The Bertz CT molecular complexity index is 1790. The lowest BCUT2D eigenvalue weighted by Crippen LogP contribution is -2.58. The van der Waals surface area contributed by atoms with E-state index >= 15 is 0 Å². The monoisotopic (exact) mass is 899 g/mol. The molecule has 0 aromatic carbocycles. The molecule has 0 aromatic heterocycles. The third-order valence-electron chi connectivity index (χ3n) is 15.4. The third-order valence-corrected chi connectivity index (χ3v) is 15.4. The van der Waals surface area contributed by atoms with Crippen molar-refractivity contribution in [2.24, 2.45) is 23.7 Å². The highest BCUT2D eigenvalue weighted by Crippen LogP contribution is 2.48. The average molecular weight is 899 g/mol. The molecule has 14 nitrogen and oxygen atoms in total. The molecule has 0 amide bonds. The zero-order valence-electron chi connectivity index (χ0n) is 39.0. The van der Waals surface area contributed by atoms with Gasteiger partial charge in [-0.25, -0.2) is 0 Å². The van der Waals surface area contributed by atoms with Gasteiger partial charge < -0.3 is 62.7 Å². The number of aliphatic hydroxyl groups excluding tert-OH is 2. The van der Waals surface area contributed by atoms with Crippen LogP contribution in [0.2, 0.25) is 0 Å². The Morgan fingerprint density at radius 2 is 1.53 bits per heavy atom. The quantitative estimate of drug-likeness (QED) is 0.204. The van der Waals surface area contributed by atoms with E-state index in [2.05, 4.69) is 32.9 Å². The molecule has 0 aromatic rings. The largest absolute Gasteiger partial charge is 0.462 e. The maximum atomic E-state index is 14.4. The molecule has 64 heavy (non-hydrogen) atoms. The Kier molecular flexibility index (Phi) is 15.1. The number of hydrogen-bond acceptors (Lipinski definition) is 14. The molecule has 14 heteroatoms. The normalized spacial score (nSPS) is 49.2. The Hall–Kier alpha value is -2.31. The summed E-state index contributed by atoms with van der Waals surface area (Å²) in [5.41, 5.74) is 0.166. The standard InChI is InChI=1S/C50H74O14/c1-27-13-12-16-34-26-57-47-42(51)30(4)21-37(50(34,47)54)48(53)60-36-22-35(63-49(25-36)20-19-29(3)45(64-49)33-14-10-9-11-15-33)18-17-28(2)44(27)61-41-24-39(56-8)46(32(6)59-41)62-40-23-38(55-7)43(52)31(5)58-40/h12-13,16-17,19-21,27,29,31-33,35-47,51-52,54H,9-11,14-15,18,22-26H2,1-8H3/b13-12+,28-17+,34-16+/t27-,29-,31-,32-,35+,36?,37?,38-,39-,40-,41-,42+,43?,44-,45-,46-,47+,49+,50+/m0/s1. The van der Waals surface area contributed by atoms with Gasteiger partial charge in [-0.05, 0) is 75.7 Å². The first-order valence-electron chi connectivity index (χ1n) is 24.0. The molecule has 1 saturated carbocycles. The number of methoxy groups -OCH3 is 2. The first-order valence-corrected chi connectivity index (χ1v) is 24.0. The van der Waals surface area contributed by atoms with Gasteiger partial charge in [-0.15, -0.1) is 0 Å². The molecule has 6 aliphatic heterocycles. The Morgan fingerprint density at radius 1 is 0.812 bits per heavy atom. The number of carbonyl (C=O) groups excluding carboxylic acids is 1. The van der Waals surface area contributed by atoms with Gasteiger partial charge in [0, 0.05) is 51.7 Å². The summed E-state index contributed by atoms with van der Waals surface area (Å²) in [5.74, 6) is -2.32. The van der Waals surface area contributed by atoms with E-state index in [1.807, 2.05) is 25.2 Å². The maximum Gasteiger partial charge on any atom is 0.316 e. The summed E-state index contributed by atoms with van der Waals surface area (Å²) >= 11 is 0. The van der Waals surface area contributed by atoms with Crippen molar-refractivity contribution in [2.45, 2.75) is 203 Å². The molecule has 3 N–H and O–H groups in total. The van der Waals surface area contributed by atoms with Gasteiger partial charge in [-0.2, -0.15) is 0 Å². The van der Waals surface area contributed by atoms with E-state index in [9.17, 15) is 20.1 Å². The van der Waals surface area contributed by atoms with Gasteiger partial charge in [0.1, 0.15) is 42.0 Å². The lowest BCUT2D eigenvalue weighted by molar-refractivity contribution is -0.318. The summed E-state index contributed by atoms with van der Waals surface area (Å²) in [6.07, 6.45) is 13.8. The van der Waals surface area contributed by atoms with Crippen LogP contribution in [0.4, 0.5) is 0 Å². The van der Waals surface area contributed by atoms with Crippen molar-refractivity contribution in [3.63, 3.8) is 0 Å². The van der Waals surface area contributed by atoms with Gasteiger partial charge in [-0.1, -0.05) is 69.6 Å². The first kappa shape index (κ1) is 48.2. The number of allylic oxidation sites excluding steroid dienone is 2. The lowest BCUT2D eigenvalue weighted by atomic mass is 9.71. The van der Waals surface area contributed by atoms with Crippen molar-refractivity contribution < 1.29 is 67.5 Å². The summed E-state index contributed by atoms with van der Waals surface area (Å²) in [4.78, 5) is 14.4. The van der Waals surface area contributed by atoms with Crippen molar-refractivity contribution in [1.29, 1.82) is 0 Å². The molecular weight excluding hydrogens is 825 g/mol. The lowest BCUT2D eigenvalue weighted by Gasteiger charge is -2.49. The Labute approximate surface area is 379 Å². The molecule has 2 aliphatic carbocycles. The molecule has 6 heterocycles. The van der Waals surface area contributed by atoms with Crippen LogP contribution in [-0.4, -0.2) is 139 Å². The Morgan fingerprint density at radius 3 is 2.28 bits per heavy atom. The second-order valence-corrected chi connectivity index (χ2v) is 20.0. The number of esters is 1. The van der Waals surface area contributed by atoms with Crippen LogP contribution >= 0.6 is 0 Å². The van der Waals surface area contributed by atoms with Gasteiger partial charge in [0.2, 0.25) is 0 Å². The predicted octanol–water partition coefficient (Wildman–Crippen LogP) is 5.91. The zero-order chi connectivity index (χ0) is 45.5. The highest BCUT2D eigenvalue weighted by atomic mass is 16.7. The van der Waals surface area contributed by atoms with Gasteiger partial charge in [0.15, 0.2) is 18.4 Å². The van der Waals surface area contributed by atoms with E-state index in [1.54, 1.807) is 40.2 Å². The minimum absolute atomic E-state index is 0.0242. The van der Waals surface area contributed by atoms with Crippen LogP contribution in [-0.2, 0) is 52.2 Å². The minimum atomic E-state index is -1.83. The smallest absolute Gasteiger partial charge is 0.316 e. The van der Waals surface area contributed by atoms with E-state index in [0.717, 1.165) is 18.4 Å². The van der Waals surface area contributed by atoms with Crippen LogP contribution < -0.4 is 0 Å². The third kappa shape index (κ3) is 9.82. The fourth-order valence-corrected chi connectivity index (χ4v) is 11.7. The Balaban J connectivity index is 1.08. The number of aliphatic hydroxyl groups is 3. The van der Waals surface area contributed by atoms with E-state index in [4.69, 9.17) is 47.4 Å². The number of carbonyl (C=O) groups is 1. The van der Waals surface area contributed by atoms with Gasteiger partial charge >= 0.3 is 5.97 Å². The second-order valence-electron chi connectivity index (χ2n) is 20.0. The summed E-state index contributed by atoms with van der Waals surface area (Å²) in [5, 5.41) is 34.3. The summed E-state index contributed by atoms with van der Waals surface area (Å²) in [6, 6.07) is 0. The van der Waals surface area contributed by atoms with Crippen molar-refractivity contribution in [1.82, 2.24) is 0 Å². The molecule has 19 atom stereocenters. The number of fused-ring (bicyclic) bond motifs is 2. The summed E-state index contributed by atoms with van der Waals surface area (Å²) in [6.45, 7) is 11.9. The fourth-order valence-electron chi connectivity index (χ4n) is 11.7. The highest BCUT2D eigenvalue weighted by Gasteiger charge is 2.60. The van der Waals surface area contributed by atoms with E-state index in [1.165, 1.54) is 19.3 Å². The number of ether oxygens (including phenoxy) is 10. The first-order chi connectivity index (χ1) is 30.6. The zero-order valence-corrected chi connectivity index (χ0v) is 39.0. The average Bonchev–Trinajstić information content (AvgIpc) is 3.62. The molecular formula is C50H74O14. The molecule has 8 rings (SSSR count). The molecule has 3 unspecified atom stereocenters. The molecule has 1 spiro atoms. The highest BCUT2D eigenvalue weighted by molar-refractivity contribution is 5.78. The molecule has 2 bridgehead atoms. The number of hydrogen-bond donors (Lipinski definition) is 3. The van der Waals surface area contributed by atoms with Gasteiger partial charge in [0.25, 0.3) is 0 Å². The molecule has 0 radical (unpaired) electrons. The van der Waals surface area contributed by atoms with Gasteiger partial charge in [0.05, 0.1) is 49.3 Å². The van der Waals surface area contributed by atoms with Crippen molar-refractivity contribution in [2.75, 3.05) is 20.8 Å². The predicted molar refractivity (Wildman–Crippen MR) is 234 cm³/mol. The van der Waals surface area contributed by atoms with E-state index in [0.29, 0.717) is 49.2 Å². The van der Waals surface area contributed by atoms with E-state index in [-0.39, 0.29) is 36.8 Å². The van der Waals surface area contributed by atoms with Crippen molar-refractivity contribution in [3.8, 4) is 0 Å².